The summed E-state index contributed by atoms with van der Waals surface area (Å²) >= 11 is 5.58. The number of hydrogen-bond donors (Lipinski definition) is 3. The van der Waals surface area contributed by atoms with E-state index in [2.05, 4.69) is 17.6 Å². The maximum Gasteiger partial charge on any atom is 0.117 e. The van der Waals surface area contributed by atoms with Gasteiger partial charge in [-0.3, -0.25) is 4.99 Å². The van der Waals surface area contributed by atoms with E-state index in [1.807, 2.05) is 0 Å². The molecule has 2 atom stereocenters. The Bertz CT molecular complexity index is 163. The Kier molecular flexibility index (Phi) is 3.71. The predicted octanol–water partition coefficient (Wildman–Crippen LogP) is -0.250. The smallest absolute Gasteiger partial charge is 0.117 e. The molecule has 1 heterocycles. The minimum absolute atomic E-state index is 0.289. The molecule has 0 spiro atoms. The first-order valence-corrected chi connectivity index (χ1v) is 5.09. The SMILES string of the molecule is N[C@@H](CS)C(O)C1=NCCS1. The van der Waals surface area contributed by atoms with Crippen LogP contribution in [0.2, 0.25) is 0 Å². The molecule has 3 N–H and O–H groups in total. The lowest BCUT2D eigenvalue weighted by Crippen LogP contribution is -2.40. The van der Waals surface area contributed by atoms with Gasteiger partial charge in [-0.25, -0.2) is 0 Å². The lowest BCUT2D eigenvalue weighted by Gasteiger charge is -2.15. The van der Waals surface area contributed by atoms with E-state index in [0.29, 0.717) is 5.75 Å². The molecule has 0 bridgehead atoms. The molecule has 1 aliphatic rings. The van der Waals surface area contributed by atoms with E-state index in [1.54, 1.807) is 11.8 Å². The van der Waals surface area contributed by atoms with E-state index in [-0.39, 0.29) is 6.04 Å². The molecule has 0 fully saturated rings. The molecular weight excluding hydrogens is 180 g/mol. The van der Waals surface area contributed by atoms with Crippen molar-refractivity contribution >= 4 is 29.4 Å². The van der Waals surface area contributed by atoms with Crippen molar-refractivity contribution in [3.8, 4) is 0 Å². The second kappa shape index (κ2) is 4.35. The first-order chi connectivity index (χ1) is 5.25. The Morgan fingerprint density at radius 1 is 1.82 bits per heavy atom. The average Bonchev–Trinajstić information content (AvgIpc) is 2.53. The second-order valence-corrected chi connectivity index (χ2v) is 3.84. The van der Waals surface area contributed by atoms with Crippen LogP contribution in [-0.4, -0.2) is 40.3 Å². The fourth-order valence-electron chi connectivity index (χ4n) is 0.814. The van der Waals surface area contributed by atoms with E-state index in [4.69, 9.17) is 5.73 Å². The number of hydrogen-bond acceptors (Lipinski definition) is 5. The van der Waals surface area contributed by atoms with Gasteiger partial charge in [0.1, 0.15) is 6.10 Å². The van der Waals surface area contributed by atoms with Crippen molar-refractivity contribution < 1.29 is 5.11 Å². The van der Waals surface area contributed by atoms with Gasteiger partial charge in [-0.1, -0.05) is 0 Å². The zero-order valence-corrected chi connectivity index (χ0v) is 7.81. The van der Waals surface area contributed by atoms with Crippen LogP contribution in [0.1, 0.15) is 0 Å². The Morgan fingerprint density at radius 3 is 3.00 bits per heavy atom. The molecular formula is C6H12N2OS2. The van der Waals surface area contributed by atoms with E-state index in [1.165, 1.54) is 0 Å². The summed E-state index contributed by atoms with van der Waals surface area (Å²) in [5.41, 5.74) is 5.58. The van der Waals surface area contributed by atoms with Crippen LogP contribution in [0.3, 0.4) is 0 Å². The molecule has 0 aliphatic carbocycles. The fourth-order valence-corrected chi connectivity index (χ4v) is 1.93. The summed E-state index contributed by atoms with van der Waals surface area (Å²) in [6, 6.07) is -0.289. The molecule has 1 unspecified atom stereocenters. The average molecular weight is 192 g/mol. The molecule has 0 amide bonds. The Morgan fingerprint density at radius 2 is 2.55 bits per heavy atom. The number of aliphatic imine (C=N–C) groups is 1. The number of aliphatic hydroxyl groups is 1. The Balaban J connectivity index is 2.45. The van der Waals surface area contributed by atoms with Crippen LogP contribution in [0.15, 0.2) is 4.99 Å². The third kappa shape index (κ3) is 2.37. The number of rotatable bonds is 3. The first kappa shape index (κ1) is 9.38. The van der Waals surface area contributed by atoms with Crippen molar-refractivity contribution in [1.82, 2.24) is 0 Å². The van der Waals surface area contributed by atoms with Gasteiger partial charge >= 0.3 is 0 Å². The monoisotopic (exact) mass is 192 g/mol. The molecule has 0 radical (unpaired) electrons. The van der Waals surface area contributed by atoms with Gasteiger partial charge in [-0.15, -0.1) is 11.8 Å². The highest BCUT2D eigenvalue weighted by Crippen LogP contribution is 2.16. The molecule has 0 aromatic rings. The Hall–Kier alpha value is 0.290. The zero-order valence-electron chi connectivity index (χ0n) is 6.10. The van der Waals surface area contributed by atoms with Crippen LogP contribution >= 0.6 is 24.4 Å². The van der Waals surface area contributed by atoms with Crippen LogP contribution in [0, 0.1) is 0 Å². The molecule has 11 heavy (non-hydrogen) atoms. The van der Waals surface area contributed by atoms with Gasteiger partial charge in [0.2, 0.25) is 0 Å². The molecule has 0 saturated carbocycles. The number of nitrogens with two attached hydrogens (primary N) is 1. The van der Waals surface area contributed by atoms with Gasteiger partial charge in [0, 0.05) is 24.1 Å². The van der Waals surface area contributed by atoms with Crippen molar-refractivity contribution in [3.05, 3.63) is 0 Å². The largest absolute Gasteiger partial charge is 0.385 e. The topological polar surface area (TPSA) is 58.6 Å². The van der Waals surface area contributed by atoms with Crippen LogP contribution in [0.5, 0.6) is 0 Å². The maximum absolute atomic E-state index is 9.49. The van der Waals surface area contributed by atoms with Crippen molar-refractivity contribution in [2.45, 2.75) is 12.1 Å². The summed E-state index contributed by atoms with van der Waals surface area (Å²) in [4.78, 5) is 4.12. The molecule has 3 nitrogen and oxygen atoms in total. The Labute approximate surface area is 75.9 Å². The fraction of sp³-hybridized carbons (Fsp3) is 0.833. The molecule has 1 rings (SSSR count). The highest BCUT2D eigenvalue weighted by molar-refractivity contribution is 8.14. The quantitative estimate of drug-likeness (QED) is 0.540. The zero-order chi connectivity index (χ0) is 8.27. The molecule has 0 aromatic carbocycles. The van der Waals surface area contributed by atoms with E-state index in [9.17, 15) is 5.11 Å². The molecule has 0 saturated heterocycles. The number of thioether (sulfide) groups is 1. The minimum Gasteiger partial charge on any atom is -0.385 e. The summed E-state index contributed by atoms with van der Waals surface area (Å²) in [5.74, 6) is 1.45. The summed E-state index contributed by atoms with van der Waals surface area (Å²) < 4.78 is 0. The lowest BCUT2D eigenvalue weighted by atomic mass is 10.2. The molecule has 0 aromatic heterocycles. The minimum atomic E-state index is -0.611. The third-order valence-electron chi connectivity index (χ3n) is 1.48. The van der Waals surface area contributed by atoms with E-state index >= 15 is 0 Å². The first-order valence-electron chi connectivity index (χ1n) is 3.47. The maximum atomic E-state index is 9.49. The van der Waals surface area contributed by atoms with Crippen LogP contribution in [0.25, 0.3) is 0 Å². The van der Waals surface area contributed by atoms with E-state index < -0.39 is 6.10 Å². The van der Waals surface area contributed by atoms with Crippen LogP contribution in [0.4, 0.5) is 0 Å². The van der Waals surface area contributed by atoms with Crippen LogP contribution < -0.4 is 5.73 Å². The van der Waals surface area contributed by atoms with Gasteiger partial charge in [-0.05, 0) is 0 Å². The van der Waals surface area contributed by atoms with Crippen LogP contribution in [-0.2, 0) is 0 Å². The van der Waals surface area contributed by atoms with Gasteiger partial charge < -0.3 is 10.8 Å². The summed E-state index contributed by atoms with van der Waals surface area (Å²) in [5, 5.41) is 10.3. The van der Waals surface area contributed by atoms with Crippen molar-refractivity contribution in [1.29, 1.82) is 0 Å². The van der Waals surface area contributed by atoms with Gasteiger partial charge in [0.05, 0.1) is 5.04 Å². The number of nitrogens with zero attached hydrogens (tertiary/aromatic N) is 1. The molecule has 1 aliphatic heterocycles. The van der Waals surface area contributed by atoms with Crippen molar-refractivity contribution in [3.63, 3.8) is 0 Å². The lowest BCUT2D eigenvalue weighted by molar-refractivity contribution is 0.221. The van der Waals surface area contributed by atoms with Crippen molar-refractivity contribution in [2.24, 2.45) is 10.7 Å². The second-order valence-electron chi connectivity index (χ2n) is 2.36. The van der Waals surface area contributed by atoms with Gasteiger partial charge in [0.15, 0.2) is 0 Å². The van der Waals surface area contributed by atoms with Gasteiger partial charge in [-0.2, -0.15) is 12.6 Å². The predicted molar refractivity (Wildman–Crippen MR) is 52.6 cm³/mol. The number of thiol groups is 1. The summed E-state index contributed by atoms with van der Waals surface area (Å²) in [7, 11) is 0. The standard InChI is InChI=1S/C6H12N2OS2/c7-4(3-10)5(9)6-8-1-2-11-6/h4-5,9-10H,1-3,7H2/t4-,5?/m0/s1. The van der Waals surface area contributed by atoms with E-state index in [0.717, 1.165) is 17.3 Å². The molecule has 5 heteroatoms. The highest BCUT2D eigenvalue weighted by Gasteiger charge is 2.22. The van der Waals surface area contributed by atoms with Crippen molar-refractivity contribution in [2.75, 3.05) is 18.1 Å². The summed E-state index contributed by atoms with van der Waals surface area (Å²) in [6.45, 7) is 0.802. The third-order valence-corrected chi connectivity index (χ3v) is 2.95. The number of aliphatic hydroxyl groups excluding tert-OH is 1. The summed E-state index contributed by atoms with van der Waals surface area (Å²) in [6.07, 6.45) is -0.611. The molecule has 64 valence electrons. The normalized spacial score (nSPS) is 23.0. The highest BCUT2D eigenvalue weighted by atomic mass is 32.2. The van der Waals surface area contributed by atoms with Gasteiger partial charge in [0.25, 0.3) is 0 Å².